The highest BCUT2D eigenvalue weighted by atomic mass is 32.2. The minimum atomic E-state index is -0.460. The Morgan fingerprint density at radius 1 is 1.47 bits per heavy atom. The lowest BCUT2D eigenvalue weighted by molar-refractivity contribution is -0.158. The molecular formula is C15H27NO2S. The minimum Gasteiger partial charge on any atom is -0.461 e. The van der Waals surface area contributed by atoms with Crippen molar-refractivity contribution in [2.24, 2.45) is 22.5 Å². The minimum absolute atomic E-state index is 0.0640. The fourth-order valence-corrected chi connectivity index (χ4v) is 4.39. The summed E-state index contributed by atoms with van der Waals surface area (Å²) in [4.78, 5) is 12.1. The molecule has 2 aliphatic carbocycles. The largest absolute Gasteiger partial charge is 0.461 e. The third kappa shape index (κ3) is 2.42. The summed E-state index contributed by atoms with van der Waals surface area (Å²) in [7, 11) is 0. The molecule has 2 rings (SSSR count). The van der Waals surface area contributed by atoms with E-state index in [2.05, 4.69) is 20.8 Å². The van der Waals surface area contributed by atoms with Gasteiger partial charge in [0, 0.05) is 5.41 Å². The molecule has 2 fully saturated rings. The van der Waals surface area contributed by atoms with E-state index in [4.69, 9.17) is 10.5 Å². The molecule has 19 heavy (non-hydrogen) atoms. The molecule has 0 heterocycles. The molecule has 2 saturated carbocycles. The van der Waals surface area contributed by atoms with E-state index in [1.165, 1.54) is 12.8 Å². The van der Waals surface area contributed by atoms with Crippen molar-refractivity contribution in [3.05, 3.63) is 0 Å². The summed E-state index contributed by atoms with van der Waals surface area (Å²) in [6.45, 7) is 6.93. The number of carbonyl (C=O) groups is 1. The Morgan fingerprint density at radius 3 is 2.63 bits per heavy atom. The Morgan fingerprint density at radius 2 is 2.16 bits per heavy atom. The highest BCUT2D eigenvalue weighted by Crippen LogP contribution is 2.66. The first-order valence-electron chi connectivity index (χ1n) is 7.28. The zero-order chi connectivity index (χ0) is 14.3. The van der Waals surface area contributed by atoms with Crippen molar-refractivity contribution in [2.75, 3.05) is 12.0 Å². The van der Waals surface area contributed by atoms with Gasteiger partial charge in [0.2, 0.25) is 0 Å². The Labute approximate surface area is 121 Å². The van der Waals surface area contributed by atoms with Gasteiger partial charge in [0.25, 0.3) is 0 Å². The summed E-state index contributed by atoms with van der Waals surface area (Å²) < 4.78 is 5.77. The van der Waals surface area contributed by atoms with E-state index in [1.54, 1.807) is 11.8 Å². The van der Waals surface area contributed by atoms with E-state index in [-0.39, 0.29) is 22.9 Å². The van der Waals surface area contributed by atoms with Crippen LogP contribution in [0.25, 0.3) is 0 Å². The van der Waals surface area contributed by atoms with Crippen LogP contribution in [0.2, 0.25) is 0 Å². The zero-order valence-corrected chi connectivity index (χ0v) is 13.4. The number of carbonyl (C=O) groups excluding carboxylic acids is 1. The van der Waals surface area contributed by atoms with Gasteiger partial charge in [-0.25, -0.2) is 0 Å². The first-order valence-corrected chi connectivity index (χ1v) is 8.67. The molecule has 0 spiro atoms. The van der Waals surface area contributed by atoms with Crippen LogP contribution in [-0.4, -0.2) is 30.1 Å². The third-order valence-electron chi connectivity index (χ3n) is 5.91. The summed E-state index contributed by atoms with van der Waals surface area (Å²) in [5.41, 5.74) is 6.31. The standard InChI is InChI=1S/C15H27NO2S/c1-14(2)10-5-7-15(14,3)12(9-10)18-13(17)11(16)6-8-19-4/h10-12H,5-9,16H2,1-4H3/t10?,11-,12?,15+/m0/s1. The van der Waals surface area contributed by atoms with Gasteiger partial charge in [-0.1, -0.05) is 20.8 Å². The SMILES string of the molecule is CSCC[C@H](N)C(=O)OC1CC2CC[C@@]1(C)C2(C)C. The molecule has 2 unspecified atom stereocenters. The first kappa shape index (κ1) is 15.2. The van der Waals surface area contributed by atoms with Crippen molar-refractivity contribution in [3.63, 3.8) is 0 Å². The topological polar surface area (TPSA) is 52.3 Å². The Bertz CT molecular complexity index is 358. The number of hydrogen-bond acceptors (Lipinski definition) is 4. The fraction of sp³-hybridized carbons (Fsp3) is 0.933. The molecular weight excluding hydrogens is 258 g/mol. The number of rotatable bonds is 5. The van der Waals surface area contributed by atoms with Gasteiger partial charge in [0.05, 0.1) is 0 Å². The monoisotopic (exact) mass is 285 g/mol. The maximum atomic E-state index is 12.1. The molecule has 110 valence electrons. The second-order valence-corrected chi connectivity index (χ2v) is 7.91. The molecule has 0 aromatic heterocycles. The highest BCUT2D eigenvalue weighted by Gasteiger charge is 2.62. The van der Waals surface area contributed by atoms with Crippen molar-refractivity contribution in [2.45, 2.75) is 58.6 Å². The van der Waals surface area contributed by atoms with Crippen LogP contribution in [0.4, 0.5) is 0 Å². The van der Waals surface area contributed by atoms with Gasteiger partial charge < -0.3 is 10.5 Å². The van der Waals surface area contributed by atoms with Gasteiger partial charge in [0.1, 0.15) is 12.1 Å². The summed E-state index contributed by atoms with van der Waals surface area (Å²) in [6.07, 6.45) is 6.26. The van der Waals surface area contributed by atoms with Crippen LogP contribution in [0.5, 0.6) is 0 Å². The van der Waals surface area contributed by atoms with Crippen molar-refractivity contribution >= 4 is 17.7 Å². The van der Waals surface area contributed by atoms with Crippen molar-refractivity contribution in [3.8, 4) is 0 Å². The molecule has 0 saturated heterocycles. The molecule has 2 aliphatic rings. The maximum Gasteiger partial charge on any atom is 0.323 e. The van der Waals surface area contributed by atoms with Crippen molar-refractivity contribution < 1.29 is 9.53 Å². The van der Waals surface area contributed by atoms with Gasteiger partial charge >= 0.3 is 5.97 Å². The van der Waals surface area contributed by atoms with E-state index in [1.807, 2.05) is 6.26 Å². The molecule has 0 amide bonds. The number of ether oxygens (including phenoxy) is 1. The van der Waals surface area contributed by atoms with Gasteiger partial charge in [0.15, 0.2) is 0 Å². The van der Waals surface area contributed by atoms with E-state index in [0.29, 0.717) is 12.3 Å². The van der Waals surface area contributed by atoms with E-state index >= 15 is 0 Å². The number of esters is 1. The molecule has 0 radical (unpaired) electrons. The summed E-state index contributed by atoms with van der Waals surface area (Å²) in [5.74, 6) is 1.40. The molecule has 0 aliphatic heterocycles. The molecule has 0 aromatic rings. The lowest BCUT2D eigenvalue weighted by Crippen LogP contribution is -2.42. The lowest BCUT2D eigenvalue weighted by Gasteiger charge is -2.38. The predicted molar refractivity (Wildman–Crippen MR) is 80.1 cm³/mol. The average molecular weight is 285 g/mol. The molecule has 3 nitrogen and oxygen atoms in total. The Hall–Kier alpha value is -0.220. The normalized spacial score (nSPS) is 37.3. The van der Waals surface area contributed by atoms with Crippen LogP contribution < -0.4 is 5.73 Å². The van der Waals surface area contributed by atoms with Gasteiger partial charge in [-0.3, -0.25) is 4.79 Å². The number of nitrogens with two attached hydrogens (primary N) is 1. The second kappa shape index (κ2) is 5.28. The first-order chi connectivity index (χ1) is 8.83. The summed E-state index contributed by atoms with van der Waals surface area (Å²) in [5, 5.41) is 0. The van der Waals surface area contributed by atoms with Crippen LogP contribution in [0.1, 0.15) is 46.5 Å². The van der Waals surface area contributed by atoms with E-state index in [0.717, 1.165) is 12.2 Å². The van der Waals surface area contributed by atoms with E-state index < -0.39 is 6.04 Å². The number of fused-ring (bicyclic) bond motifs is 2. The molecule has 2 bridgehead atoms. The summed E-state index contributed by atoms with van der Waals surface area (Å²) >= 11 is 1.71. The molecule has 0 aromatic carbocycles. The van der Waals surface area contributed by atoms with Crippen molar-refractivity contribution in [1.29, 1.82) is 0 Å². The smallest absolute Gasteiger partial charge is 0.323 e. The van der Waals surface area contributed by atoms with Crippen LogP contribution in [0, 0.1) is 16.7 Å². The summed E-state index contributed by atoms with van der Waals surface area (Å²) in [6, 6.07) is -0.460. The molecule has 2 N–H and O–H groups in total. The van der Waals surface area contributed by atoms with Crippen LogP contribution in [0.3, 0.4) is 0 Å². The van der Waals surface area contributed by atoms with Crippen LogP contribution in [-0.2, 0) is 9.53 Å². The quantitative estimate of drug-likeness (QED) is 0.789. The van der Waals surface area contributed by atoms with Gasteiger partial charge in [-0.15, -0.1) is 0 Å². The Kier molecular flexibility index (Phi) is 4.22. The predicted octanol–water partition coefficient (Wildman–Crippen LogP) is 2.82. The van der Waals surface area contributed by atoms with Crippen LogP contribution >= 0.6 is 11.8 Å². The molecule has 4 atom stereocenters. The Balaban J connectivity index is 1.96. The van der Waals surface area contributed by atoms with E-state index in [9.17, 15) is 4.79 Å². The maximum absolute atomic E-state index is 12.1. The second-order valence-electron chi connectivity index (χ2n) is 6.92. The number of thioether (sulfide) groups is 1. The fourth-order valence-electron chi connectivity index (χ4n) is 3.90. The third-order valence-corrected chi connectivity index (χ3v) is 6.55. The van der Waals surface area contributed by atoms with Crippen LogP contribution in [0.15, 0.2) is 0 Å². The zero-order valence-electron chi connectivity index (χ0n) is 12.6. The van der Waals surface area contributed by atoms with Crippen molar-refractivity contribution in [1.82, 2.24) is 0 Å². The average Bonchev–Trinajstić information content (AvgIpc) is 2.68. The number of hydrogen-bond donors (Lipinski definition) is 1. The highest BCUT2D eigenvalue weighted by molar-refractivity contribution is 7.98. The lowest BCUT2D eigenvalue weighted by atomic mass is 9.70. The van der Waals surface area contributed by atoms with Gasteiger partial charge in [-0.2, -0.15) is 11.8 Å². The molecule has 4 heteroatoms. The van der Waals surface area contributed by atoms with Gasteiger partial charge in [-0.05, 0) is 49.0 Å².